The number of fused-ring (bicyclic) bond motifs is 3. The number of nitrogens with zero attached hydrogens (tertiary/aromatic N) is 2. The Morgan fingerprint density at radius 2 is 1.90 bits per heavy atom. The molecule has 0 bridgehead atoms. The van der Waals surface area contributed by atoms with Crippen LogP contribution in [0.4, 0.5) is 0 Å². The van der Waals surface area contributed by atoms with E-state index in [0.29, 0.717) is 30.0 Å². The first-order chi connectivity index (χ1) is 19.3. The Morgan fingerprint density at radius 1 is 1.20 bits per heavy atom. The van der Waals surface area contributed by atoms with Crippen LogP contribution < -0.4 is 5.73 Å². The molecule has 11 heteroatoms. The van der Waals surface area contributed by atoms with Gasteiger partial charge in [-0.3, -0.25) is 24.1 Å². The molecule has 2 saturated carbocycles. The standard InChI is InChI=1S/C30H35N3O8/c1-5-9-33(4)13-14-8-10-41-26(14)16-6-7-19(34)21-17(16)11-15-12-18-23(32(2)3)25(36)22(29(31)39)28(38)30(18,40)27(37)20(15)24(21)35/h5-8,10,15,18,20,22-23,25,34,36,40H,1,9,11-13H2,2-4H3,(H2,31,39)/t15-,18-,20?,22?,23-,25?,30-/m0/s1. The molecule has 2 fully saturated rings. The number of furan rings is 1. The molecule has 3 unspecified atom stereocenters. The number of phenolic OH excluding ortho intramolecular Hbond substituents is 1. The van der Waals surface area contributed by atoms with Gasteiger partial charge >= 0.3 is 0 Å². The summed E-state index contributed by atoms with van der Waals surface area (Å²) in [4.78, 5) is 57.2. The Morgan fingerprint density at radius 3 is 2.54 bits per heavy atom. The third kappa shape index (κ3) is 4.26. The highest BCUT2D eigenvalue weighted by atomic mass is 16.3. The van der Waals surface area contributed by atoms with E-state index in [4.69, 9.17) is 10.2 Å². The molecule has 3 aliphatic rings. The van der Waals surface area contributed by atoms with Crippen LogP contribution in [0, 0.1) is 23.7 Å². The Bertz CT molecular complexity index is 1450. The van der Waals surface area contributed by atoms with Crippen molar-refractivity contribution in [2.45, 2.75) is 37.1 Å². The summed E-state index contributed by atoms with van der Waals surface area (Å²) in [6.45, 7) is 4.94. The van der Waals surface area contributed by atoms with Crippen molar-refractivity contribution >= 4 is 23.3 Å². The van der Waals surface area contributed by atoms with Crippen molar-refractivity contribution in [2.24, 2.45) is 29.4 Å². The van der Waals surface area contributed by atoms with E-state index in [0.717, 1.165) is 5.56 Å². The van der Waals surface area contributed by atoms with Crippen LogP contribution in [0.25, 0.3) is 11.3 Å². The van der Waals surface area contributed by atoms with Gasteiger partial charge in [0, 0.05) is 36.2 Å². The molecule has 0 spiro atoms. The van der Waals surface area contributed by atoms with Crippen LogP contribution >= 0.6 is 0 Å². The fraction of sp³-hybridized carbons (Fsp3) is 0.467. The van der Waals surface area contributed by atoms with E-state index in [-0.39, 0.29) is 24.2 Å². The van der Waals surface area contributed by atoms with Gasteiger partial charge in [-0.25, -0.2) is 0 Å². The van der Waals surface area contributed by atoms with Gasteiger partial charge < -0.3 is 30.4 Å². The predicted molar refractivity (Wildman–Crippen MR) is 147 cm³/mol. The summed E-state index contributed by atoms with van der Waals surface area (Å²) in [6.07, 6.45) is 2.00. The van der Waals surface area contributed by atoms with Gasteiger partial charge in [0.05, 0.1) is 23.8 Å². The average molecular weight is 566 g/mol. The first-order valence-electron chi connectivity index (χ1n) is 13.5. The monoisotopic (exact) mass is 565 g/mol. The molecular weight excluding hydrogens is 530 g/mol. The summed E-state index contributed by atoms with van der Waals surface area (Å²) in [5.41, 5.74) is 4.64. The number of ketones is 3. The number of carbonyl (C=O) groups is 4. The fourth-order valence-corrected chi connectivity index (χ4v) is 7.31. The lowest BCUT2D eigenvalue weighted by atomic mass is 9.52. The number of likely N-dealkylation sites (N-methyl/N-ethyl adjacent to an activating group) is 2. The molecule has 1 amide bonds. The van der Waals surface area contributed by atoms with Gasteiger partial charge in [-0.1, -0.05) is 6.08 Å². The molecule has 1 heterocycles. The molecule has 1 aromatic carbocycles. The summed E-state index contributed by atoms with van der Waals surface area (Å²) in [5.74, 6) is -8.84. The SMILES string of the molecule is C=CCN(C)Cc1ccoc1-c1ccc(O)c2c1C[C@H]1C[C@H]3[C@H](N(C)C)C(O)C(C(N)=O)C(=O)[C@@]3(O)C(=O)C1C2=O. The first kappa shape index (κ1) is 28.9. The summed E-state index contributed by atoms with van der Waals surface area (Å²) >= 11 is 0. The van der Waals surface area contributed by atoms with Gasteiger partial charge in [0.15, 0.2) is 23.0 Å². The minimum Gasteiger partial charge on any atom is -0.507 e. The van der Waals surface area contributed by atoms with Crippen molar-refractivity contribution in [3.05, 3.63) is 53.8 Å². The molecule has 2 aromatic rings. The second kappa shape index (κ2) is 10.3. The molecule has 5 rings (SSSR count). The third-order valence-electron chi connectivity index (χ3n) is 9.05. The normalized spacial score (nSPS) is 31.1. The summed E-state index contributed by atoms with van der Waals surface area (Å²) < 4.78 is 5.86. The van der Waals surface area contributed by atoms with Crippen molar-refractivity contribution in [1.82, 2.24) is 9.80 Å². The van der Waals surface area contributed by atoms with Gasteiger partial charge in [0.25, 0.3) is 0 Å². The number of aromatic hydroxyl groups is 1. The molecule has 7 atom stereocenters. The zero-order valence-corrected chi connectivity index (χ0v) is 23.2. The molecule has 0 radical (unpaired) electrons. The van der Waals surface area contributed by atoms with Gasteiger partial charge in [-0.15, -0.1) is 6.58 Å². The molecule has 5 N–H and O–H groups in total. The van der Waals surface area contributed by atoms with E-state index in [2.05, 4.69) is 6.58 Å². The van der Waals surface area contributed by atoms with Crippen LogP contribution in [0.1, 0.15) is 27.9 Å². The second-order valence-corrected chi connectivity index (χ2v) is 11.7. The van der Waals surface area contributed by atoms with Crippen LogP contribution in [-0.4, -0.2) is 93.8 Å². The fourth-order valence-electron chi connectivity index (χ4n) is 7.31. The number of hydrogen-bond donors (Lipinski definition) is 4. The maximum Gasteiger partial charge on any atom is 0.230 e. The lowest BCUT2D eigenvalue weighted by molar-refractivity contribution is -0.190. The van der Waals surface area contributed by atoms with E-state index < -0.39 is 64.7 Å². The molecule has 218 valence electrons. The maximum atomic E-state index is 14.0. The quantitative estimate of drug-likeness (QED) is 0.274. The molecule has 3 aliphatic carbocycles. The number of nitrogens with two attached hydrogens (primary N) is 1. The summed E-state index contributed by atoms with van der Waals surface area (Å²) in [6, 6.07) is 3.91. The van der Waals surface area contributed by atoms with E-state index in [1.54, 1.807) is 37.4 Å². The molecule has 0 aliphatic heterocycles. The van der Waals surface area contributed by atoms with Crippen LogP contribution in [-0.2, 0) is 27.3 Å². The minimum atomic E-state index is -2.70. The van der Waals surface area contributed by atoms with Gasteiger partial charge in [0.2, 0.25) is 5.91 Å². The van der Waals surface area contributed by atoms with E-state index in [9.17, 15) is 34.5 Å². The molecule has 0 saturated heterocycles. The van der Waals surface area contributed by atoms with Crippen LogP contribution in [0.15, 0.2) is 41.5 Å². The molecular formula is C30H35N3O8. The predicted octanol–water partition coefficient (Wildman–Crippen LogP) is 0.537. The Hall–Kier alpha value is -3.64. The Labute approximate surface area is 237 Å². The van der Waals surface area contributed by atoms with Gasteiger partial charge in [0.1, 0.15) is 17.4 Å². The number of hydrogen-bond acceptors (Lipinski definition) is 10. The zero-order chi connectivity index (χ0) is 30.0. The number of Topliss-reactive ketones (excluding diaryl/α,β-unsaturated/α-hetero) is 3. The lowest BCUT2D eigenvalue weighted by Crippen LogP contribution is -2.75. The van der Waals surface area contributed by atoms with Gasteiger partial charge in [-0.05, 0) is 63.7 Å². The van der Waals surface area contributed by atoms with Crippen LogP contribution in [0.5, 0.6) is 5.75 Å². The van der Waals surface area contributed by atoms with E-state index in [1.807, 2.05) is 18.0 Å². The number of phenols is 1. The second-order valence-electron chi connectivity index (χ2n) is 11.7. The highest BCUT2D eigenvalue weighted by Gasteiger charge is 2.69. The number of carbonyl (C=O) groups excluding carboxylic acids is 4. The highest BCUT2D eigenvalue weighted by molar-refractivity contribution is 6.25. The topological polar surface area (TPSA) is 175 Å². The van der Waals surface area contributed by atoms with E-state index in [1.165, 1.54) is 6.07 Å². The van der Waals surface area contributed by atoms with Crippen LogP contribution in [0.2, 0.25) is 0 Å². The highest BCUT2D eigenvalue weighted by Crippen LogP contribution is 2.52. The van der Waals surface area contributed by atoms with E-state index >= 15 is 0 Å². The zero-order valence-electron chi connectivity index (χ0n) is 23.2. The van der Waals surface area contributed by atoms with Gasteiger partial charge in [-0.2, -0.15) is 0 Å². The van der Waals surface area contributed by atoms with Crippen molar-refractivity contribution in [1.29, 1.82) is 0 Å². The number of rotatable bonds is 7. The molecule has 11 nitrogen and oxygen atoms in total. The van der Waals surface area contributed by atoms with Crippen molar-refractivity contribution in [3.63, 3.8) is 0 Å². The average Bonchev–Trinajstić information content (AvgIpc) is 3.33. The lowest BCUT2D eigenvalue weighted by Gasteiger charge is -2.54. The Kier molecular flexibility index (Phi) is 7.27. The number of aliphatic hydroxyl groups excluding tert-OH is 1. The summed E-state index contributed by atoms with van der Waals surface area (Å²) in [7, 11) is 5.15. The van der Waals surface area contributed by atoms with Crippen LogP contribution in [0.3, 0.4) is 0 Å². The summed E-state index contributed by atoms with van der Waals surface area (Å²) in [5, 5.41) is 33.6. The largest absolute Gasteiger partial charge is 0.507 e. The number of aliphatic hydroxyl groups is 2. The first-order valence-corrected chi connectivity index (χ1v) is 13.5. The smallest absolute Gasteiger partial charge is 0.230 e. The minimum absolute atomic E-state index is 0.0391. The Balaban J connectivity index is 1.61. The molecule has 41 heavy (non-hydrogen) atoms. The number of primary amides is 1. The van der Waals surface area contributed by atoms with Crippen molar-refractivity contribution < 1.29 is 38.9 Å². The third-order valence-corrected chi connectivity index (χ3v) is 9.05. The van der Waals surface area contributed by atoms with Crippen molar-refractivity contribution in [2.75, 3.05) is 27.7 Å². The molecule has 1 aromatic heterocycles. The maximum absolute atomic E-state index is 14.0. The number of amides is 1. The van der Waals surface area contributed by atoms with Crippen molar-refractivity contribution in [3.8, 4) is 17.1 Å². The number of benzene rings is 1.